The van der Waals surface area contributed by atoms with Crippen LogP contribution in [0.1, 0.15) is 24.2 Å². The number of ether oxygens (including phenoxy) is 1. The van der Waals surface area contributed by atoms with Crippen molar-refractivity contribution in [2.45, 2.75) is 19.8 Å². The van der Waals surface area contributed by atoms with Crippen molar-refractivity contribution in [2.24, 2.45) is 11.3 Å². The largest absolute Gasteiger partial charge is 0.490 e. The number of imide groups is 1. The maximum atomic E-state index is 13.7. The van der Waals surface area contributed by atoms with Gasteiger partial charge < -0.3 is 10.1 Å². The van der Waals surface area contributed by atoms with Crippen molar-refractivity contribution in [3.8, 4) is 5.75 Å². The fraction of sp³-hybridized carbons (Fsp3) is 0.300. The highest BCUT2D eigenvalue weighted by atomic mass is 35.5. The van der Waals surface area contributed by atoms with Crippen molar-refractivity contribution in [3.63, 3.8) is 0 Å². The molecule has 1 aliphatic carbocycles. The molecule has 3 amide bonds. The van der Waals surface area contributed by atoms with Gasteiger partial charge in [-0.15, -0.1) is 0 Å². The Morgan fingerprint density at radius 3 is 2.10 bits per heavy atom. The number of hydrogen-bond donors (Lipinski definition) is 2. The number of nitrogens with one attached hydrogen (secondary N) is 2. The molecule has 0 heterocycles. The fourth-order valence-corrected chi connectivity index (χ4v) is 3.65. The predicted molar refractivity (Wildman–Crippen MR) is 107 cm³/mol. The highest BCUT2D eigenvalue weighted by Crippen LogP contribution is 2.65. The first-order valence-corrected chi connectivity index (χ1v) is 9.68. The van der Waals surface area contributed by atoms with Crippen LogP contribution >= 0.6 is 23.2 Å². The molecule has 0 aliphatic heterocycles. The van der Waals surface area contributed by atoms with Gasteiger partial charge in [-0.05, 0) is 24.3 Å². The number of benzene rings is 2. The first-order chi connectivity index (χ1) is 14.4. The molecular formula is C20H16Cl2F4N2O3. The number of urea groups is 1. The van der Waals surface area contributed by atoms with Crippen molar-refractivity contribution >= 4 is 40.8 Å². The van der Waals surface area contributed by atoms with Crippen LogP contribution in [0.2, 0.25) is 10.0 Å². The van der Waals surface area contributed by atoms with Crippen molar-refractivity contribution in [1.82, 2.24) is 5.32 Å². The number of alkyl halides is 2. The van der Waals surface area contributed by atoms with E-state index >= 15 is 0 Å². The number of halogens is 6. The number of hydrogen-bond acceptors (Lipinski definition) is 3. The number of rotatable bonds is 5. The SMILES string of the molecule is CC1(C)C(COc2c(Cl)cc(NC(=O)NC(=O)c3c(F)cccc3F)cc2Cl)C1(F)F. The summed E-state index contributed by atoms with van der Waals surface area (Å²) in [4.78, 5) is 24.0. The predicted octanol–water partition coefficient (Wildman–Crippen LogP) is 5.90. The number of carbonyl (C=O) groups excluding carboxylic acids is 2. The molecule has 0 saturated heterocycles. The van der Waals surface area contributed by atoms with Crippen LogP contribution in [0.4, 0.5) is 28.0 Å². The Bertz CT molecular complexity index is 1010. The van der Waals surface area contributed by atoms with E-state index in [4.69, 9.17) is 27.9 Å². The van der Waals surface area contributed by atoms with Gasteiger partial charge in [-0.1, -0.05) is 43.1 Å². The molecule has 2 aromatic carbocycles. The third kappa shape index (κ3) is 4.43. The number of anilines is 1. The molecule has 1 aliphatic rings. The smallest absolute Gasteiger partial charge is 0.326 e. The zero-order chi connectivity index (χ0) is 23.1. The van der Waals surface area contributed by atoms with Gasteiger partial charge in [0.25, 0.3) is 11.8 Å². The zero-order valence-corrected chi connectivity index (χ0v) is 17.7. The highest BCUT2D eigenvalue weighted by Gasteiger charge is 2.75. The van der Waals surface area contributed by atoms with Gasteiger partial charge in [0.2, 0.25) is 0 Å². The number of amides is 3. The third-order valence-corrected chi connectivity index (χ3v) is 5.71. The third-order valence-electron chi connectivity index (χ3n) is 5.15. The van der Waals surface area contributed by atoms with E-state index in [9.17, 15) is 27.2 Å². The van der Waals surface area contributed by atoms with E-state index < -0.39 is 46.4 Å². The van der Waals surface area contributed by atoms with Crippen LogP contribution in [0.3, 0.4) is 0 Å². The molecule has 2 N–H and O–H groups in total. The summed E-state index contributed by atoms with van der Waals surface area (Å²) in [6.45, 7) is 2.53. The van der Waals surface area contributed by atoms with Crippen molar-refractivity contribution < 1.29 is 31.9 Å². The first-order valence-electron chi connectivity index (χ1n) is 8.92. The summed E-state index contributed by atoms with van der Waals surface area (Å²) >= 11 is 12.1. The number of carbonyl (C=O) groups is 2. The average molecular weight is 479 g/mol. The summed E-state index contributed by atoms with van der Waals surface area (Å²) in [6.07, 6.45) is 0. The Labute approximate surface area is 184 Å². The van der Waals surface area contributed by atoms with Gasteiger partial charge in [-0.2, -0.15) is 0 Å². The first kappa shape index (κ1) is 23.1. The molecule has 1 unspecified atom stereocenters. The lowest BCUT2D eigenvalue weighted by molar-refractivity contribution is 0.0608. The van der Waals surface area contributed by atoms with Gasteiger partial charge in [0.1, 0.15) is 17.2 Å². The quantitative estimate of drug-likeness (QED) is 0.525. The van der Waals surface area contributed by atoms with Crippen LogP contribution in [-0.2, 0) is 0 Å². The van der Waals surface area contributed by atoms with Gasteiger partial charge >= 0.3 is 6.03 Å². The lowest BCUT2D eigenvalue weighted by atomic mass is 10.1. The van der Waals surface area contributed by atoms with Gasteiger partial charge in [-0.3, -0.25) is 10.1 Å². The summed E-state index contributed by atoms with van der Waals surface area (Å²) < 4.78 is 60.0. The highest BCUT2D eigenvalue weighted by molar-refractivity contribution is 6.37. The van der Waals surface area contributed by atoms with E-state index in [-0.39, 0.29) is 28.1 Å². The Kier molecular flexibility index (Phi) is 6.12. The van der Waals surface area contributed by atoms with Crippen LogP contribution in [0, 0.1) is 23.0 Å². The van der Waals surface area contributed by atoms with E-state index in [1.54, 1.807) is 5.32 Å². The van der Waals surface area contributed by atoms with Gasteiger partial charge in [0.05, 0.1) is 22.6 Å². The second-order valence-corrected chi connectivity index (χ2v) is 8.30. The van der Waals surface area contributed by atoms with Crippen molar-refractivity contribution in [3.05, 3.63) is 57.6 Å². The summed E-state index contributed by atoms with van der Waals surface area (Å²) in [5.41, 5.74) is -2.09. The molecule has 3 rings (SSSR count). The maximum Gasteiger partial charge on any atom is 0.326 e. The zero-order valence-electron chi connectivity index (χ0n) is 16.2. The van der Waals surface area contributed by atoms with E-state index in [1.807, 2.05) is 0 Å². The van der Waals surface area contributed by atoms with Crippen LogP contribution < -0.4 is 15.4 Å². The maximum absolute atomic E-state index is 13.7. The second-order valence-electron chi connectivity index (χ2n) is 7.48. The molecule has 0 radical (unpaired) electrons. The molecule has 0 aromatic heterocycles. The van der Waals surface area contributed by atoms with Crippen molar-refractivity contribution in [1.29, 1.82) is 0 Å². The molecule has 11 heteroatoms. The van der Waals surface area contributed by atoms with Crippen molar-refractivity contribution in [2.75, 3.05) is 11.9 Å². The molecule has 1 atom stereocenters. The minimum atomic E-state index is -2.87. The molecular weight excluding hydrogens is 463 g/mol. The minimum absolute atomic E-state index is 0.0266. The normalized spacial score (nSPS) is 18.3. The summed E-state index contributed by atoms with van der Waals surface area (Å²) in [5, 5.41) is 3.86. The lowest BCUT2D eigenvalue weighted by Gasteiger charge is -2.13. The minimum Gasteiger partial charge on any atom is -0.490 e. The molecule has 0 spiro atoms. The molecule has 166 valence electrons. The molecule has 1 saturated carbocycles. The molecule has 5 nitrogen and oxygen atoms in total. The Morgan fingerprint density at radius 2 is 1.61 bits per heavy atom. The molecule has 1 fully saturated rings. The van der Waals surface area contributed by atoms with Gasteiger partial charge in [0, 0.05) is 11.1 Å². The molecule has 31 heavy (non-hydrogen) atoms. The molecule has 0 bridgehead atoms. The van der Waals surface area contributed by atoms with Crippen LogP contribution in [0.25, 0.3) is 0 Å². The van der Waals surface area contributed by atoms with E-state index in [0.717, 1.165) is 18.2 Å². The fourth-order valence-electron chi connectivity index (χ4n) is 3.05. The van der Waals surface area contributed by atoms with E-state index in [0.29, 0.717) is 0 Å². The average Bonchev–Trinajstić information content (AvgIpc) is 3.02. The Hall–Kier alpha value is -2.52. The lowest BCUT2D eigenvalue weighted by Crippen LogP contribution is -2.35. The van der Waals surface area contributed by atoms with Crippen LogP contribution in [-0.4, -0.2) is 24.5 Å². The standard InChI is InChI=1S/C20H16Cl2F4N2O3/c1-19(2)14(20(19,25)26)8-31-16-10(21)6-9(7-11(16)22)27-18(30)28-17(29)15-12(23)4-3-5-13(15)24/h3-7,14H,8H2,1-2H3,(H2,27,28,29,30). The monoisotopic (exact) mass is 478 g/mol. The van der Waals surface area contributed by atoms with E-state index in [2.05, 4.69) is 5.32 Å². The summed E-state index contributed by atoms with van der Waals surface area (Å²) in [5.74, 6) is -7.48. The van der Waals surface area contributed by atoms with Gasteiger partial charge in [0.15, 0.2) is 5.75 Å². The Balaban J connectivity index is 1.65. The van der Waals surface area contributed by atoms with E-state index in [1.165, 1.54) is 26.0 Å². The second kappa shape index (κ2) is 8.20. The molecule has 2 aromatic rings. The van der Waals surface area contributed by atoms with Gasteiger partial charge in [-0.25, -0.2) is 22.4 Å². The topological polar surface area (TPSA) is 67.4 Å². The summed E-state index contributed by atoms with van der Waals surface area (Å²) in [7, 11) is 0. The summed E-state index contributed by atoms with van der Waals surface area (Å²) in [6, 6.07) is 4.13. The van der Waals surface area contributed by atoms with Crippen LogP contribution in [0.15, 0.2) is 30.3 Å². The van der Waals surface area contributed by atoms with Crippen LogP contribution in [0.5, 0.6) is 5.75 Å². The Morgan fingerprint density at radius 1 is 1.10 bits per heavy atom.